The Morgan fingerprint density at radius 3 is 1.17 bits per heavy atom. The zero-order valence-corrected chi connectivity index (χ0v) is 28.4. The van der Waals surface area contributed by atoms with Crippen LogP contribution in [0.5, 0.6) is 0 Å². The second-order valence-electron chi connectivity index (χ2n) is 12.7. The molecular weight excluding hydrogens is 688 g/mol. The molecule has 4 atom stereocenters. The van der Waals surface area contributed by atoms with Crippen LogP contribution in [0.15, 0.2) is 109 Å². The molecule has 1 saturated heterocycles. The lowest BCUT2D eigenvalue weighted by Gasteiger charge is -2.30. The maximum absolute atomic E-state index is 14.1. The fraction of sp³-hybridized carbons (Fsp3) is 0.231. The minimum absolute atomic E-state index is 0.0387. The Morgan fingerprint density at radius 2 is 0.849 bits per heavy atom. The average Bonchev–Trinajstić information content (AvgIpc) is 3.70. The van der Waals surface area contributed by atoms with Crippen LogP contribution in [0.1, 0.15) is 66.4 Å². The lowest BCUT2D eigenvalue weighted by molar-refractivity contribution is -0.200. The number of hydroxylamine groups is 4. The zero-order chi connectivity index (χ0) is 37.3. The SMILES string of the molecule is CC1(C)O[C@@H]([C@@H](OCc2ccccc2)C(=O)ON2C(=O)c3ccccc3C2=O)[C@H]([C@@H](OCc2ccccc2)C(=O)ON2C(=O)c3ccccc3C2=O)O1. The lowest BCUT2D eigenvalue weighted by atomic mass is 10.0. The number of carbonyl (C=O) groups excluding carboxylic acids is 6. The summed E-state index contributed by atoms with van der Waals surface area (Å²) in [4.78, 5) is 91.6. The third-order valence-corrected chi connectivity index (χ3v) is 8.65. The van der Waals surface area contributed by atoms with Crippen LogP contribution in [0.2, 0.25) is 0 Å². The van der Waals surface area contributed by atoms with Gasteiger partial charge in [-0.25, -0.2) is 9.59 Å². The van der Waals surface area contributed by atoms with Crippen molar-refractivity contribution in [2.75, 3.05) is 0 Å². The first kappa shape index (κ1) is 35.3. The van der Waals surface area contributed by atoms with Crippen molar-refractivity contribution >= 4 is 35.6 Å². The van der Waals surface area contributed by atoms with Crippen LogP contribution in [0.4, 0.5) is 0 Å². The fourth-order valence-corrected chi connectivity index (χ4v) is 6.18. The third-order valence-electron chi connectivity index (χ3n) is 8.65. The average molecular weight is 721 g/mol. The minimum atomic E-state index is -1.75. The van der Waals surface area contributed by atoms with Gasteiger partial charge in [0.15, 0.2) is 18.0 Å². The van der Waals surface area contributed by atoms with Gasteiger partial charge in [0.1, 0.15) is 12.2 Å². The number of benzene rings is 4. The summed E-state index contributed by atoms with van der Waals surface area (Å²) in [7, 11) is 0. The highest BCUT2D eigenvalue weighted by atomic mass is 16.8. The van der Waals surface area contributed by atoms with E-state index in [0.29, 0.717) is 21.3 Å². The Balaban J connectivity index is 1.21. The van der Waals surface area contributed by atoms with Crippen LogP contribution in [-0.2, 0) is 51.4 Å². The number of hydrogen-bond donors (Lipinski definition) is 0. The number of imide groups is 2. The van der Waals surface area contributed by atoms with Gasteiger partial charge < -0.3 is 28.6 Å². The van der Waals surface area contributed by atoms with E-state index in [0.717, 1.165) is 0 Å². The molecule has 4 aromatic rings. The zero-order valence-electron chi connectivity index (χ0n) is 28.4. The van der Waals surface area contributed by atoms with Crippen LogP contribution in [-0.4, -0.2) is 75.9 Å². The maximum atomic E-state index is 14.1. The molecule has 0 bridgehead atoms. The van der Waals surface area contributed by atoms with Gasteiger partial charge in [-0.15, -0.1) is 0 Å². The molecule has 3 aliphatic rings. The number of rotatable bonds is 12. The molecule has 0 saturated carbocycles. The summed E-state index contributed by atoms with van der Waals surface area (Å²) in [5.41, 5.74) is 1.44. The van der Waals surface area contributed by atoms with Crippen molar-refractivity contribution in [3.05, 3.63) is 143 Å². The van der Waals surface area contributed by atoms with E-state index in [-0.39, 0.29) is 35.5 Å². The molecule has 3 aliphatic heterocycles. The Hall–Kier alpha value is -6.06. The largest absolute Gasteiger partial charge is 0.364 e. The summed E-state index contributed by atoms with van der Waals surface area (Å²) >= 11 is 0. The number of hydrogen-bond acceptors (Lipinski definition) is 12. The molecule has 14 nitrogen and oxygen atoms in total. The van der Waals surface area contributed by atoms with Crippen LogP contribution < -0.4 is 0 Å². The normalized spacial score (nSPS) is 19.9. The number of fused-ring (bicyclic) bond motifs is 2. The van der Waals surface area contributed by atoms with Gasteiger partial charge in [-0.3, -0.25) is 19.2 Å². The number of carbonyl (C=O) groups is 6. The fourth-order valence-electron chi connectivity index (χ4n) is 6.18. The Labute approximate surface area is 302 Å². The van der Waals surface area contributed by atoms with E-state index < -0.39 is 65.8 Å². The smallest absolute Gasteiger partial charge is 0.359 e. The predicted octanol–water partition coefficient (Wildman–Crippen LogP) is 4.19. The predicted molar refractivity (Wildman–Crippen MR) is 180 cm³/mol. The highest BCUT2D eigenvalue weighted by Crippen LogP contribution is 2.36. The molecule has 0 aliphatic carbocycles. The lowest BCUT2D eigenvalue weighted by Crippen LogP contribution is -2.53. The summed E-state index contributed by atoms with van der Waals surface area (Å²) in [6.45, 7) is 2.69. The van der Waals surface area contributed by atoms with E-state index in [2.05, 4.69) is 0 Å². The van der Waals surface area contributed by atoms with Gasteiger partial charge in [-0.05, 0) is 49.2 Å². The van der Waals surface area contributed by atoms with Crippen LogP contribution in [0.3, 0.4) is 0 Å². The molecule has 0 N–H and O–H groups in total. The topological polar surface area (TPSA) is 164 Å². The molecule has 0 radical (unpaired) electrons. The van der Waals surface area contributed by atoms with E-state index in [9.17, 15) is 28.8 Å². The van der Waals surface area contributed by atoms with Gasteiger partial charge in [0.05, 0.1) is 35.5 Å². The van der Waals surface area contributed by atoms with E-state index in [1.165, 1.54) is 38.1 Å². The first-order valence-electron chi connectivity index (χ1n) is 16.6. The summed E-state index contributed by atoms with van der Waals surface area (Å²) in [5.74, 6) is -7.39. The van der Waals surface area contributed by atoms with Gasteiger partial charge in [0.2, 0.25) is 0 Å². The molecule has 14 heteroatoms. The Kier molecular flexibility index (Phi) is 9.68. The molecule has 4 amide bonds. The van der Waals surface area contributed by atoms with Crippen LogP contribution >= 0.6 is 0 Å². The van der Waals surface area contributed by atoms with E-state index in [1.807, 2.05) is 0 Å². The maximum Gasteiger partial charge on any atom is 0.364 e. The van der Waals surface area contributed by atoms with Gasteiger partial charge in [0, 0.05) is 0 Å². The van der Waals surface area contributed by atoms with Gasteiger partial charge in [-0.1, -0.05) is 95.1 Å². The first-order valence-corrected chi connectivity index (χ1v) is 16.6. The van der Waals surface area contributed by atoms with Gasteiger partial charge in [0.25, 0.3) is 23.6 Å². The molecule has 53 heavy (non-hydrogen) atoms. The molecule has 0 unspecified atom stereocenters. The molecule has 270 valence electrons. The molecule has 1 fully saturated rings. The summed E-state index contributed by atoms with van der Waals surface area (Å²) in [6.07, 6.45) is -6.51. The highest BCUT2D eigenvalue weighted by molar-refractivity contribution is 6.21. The summed E-state index contributed by atoms with van der Waals surface area (Å²) in [6, 6.07) is 29.5. The monoisotopic (exact) mass is 720 g/mol. The van der Waals surface area contributed by atoms with E-state index in [4.69, 9.17) is 28.6 Å². The van der Waals surface area contributed by atoms with Crippen molar-refractivity contribution in [1.29, 1.82) is 0 Å². The van der Waals surface area contributed by atoms with Crippen molar-refractivity contribution in [2.45, 2.75) is 57.3 Å². The van der Waals surface area contributed by atoms with Crippen molar-refractivity contribution in [3.63, 3.8) is 0 Å². The van der Waals surface area contributed by atoms with E-state index >= 15 is 0 Å². The third kappa shape index (κ3) is 7.08. The van der Waals surface area contributed by atoms with Crippen molar-refractivity contribution < 1.29 is 57.4 Å². The van der Waals surface area contributed by atoms with Crippen molar-refractivity contribution in [3.8, 4) is 0 Å². The van der Waals surface area contributed by atoms with Gasteiger partial charge in [-0.2, -0.15) is 0 Å². The molecule has 4 aromatic carbocycles. The second-order valence-corrected chi connectivity index (χ2v) is 12.7. The number of ether oxygens (including phenoxy) is 4. The second kappa shape index (κ2) is 14.5. The molecule has 7 rings (SSSR count). The quantitative estimate of drug-likeness (QED) is 0.192. The molecule has 0 spiro atoms. The number of amides is 4. The molecule has 0 aromatic heterocycles. The Morgan fingerprint density at radius 1 is 0.547 bits per heavy atom. The molecular formula is C39H32N2O12. The minimum Gasteiger partial charge on any atom is -0.359 e. The summed E-state index contributed by atoms with van der Waals surface area (Å²) in [5, 5.41) is 0.670. The first-order chi connectivity index (χ1) is 25.5. The van der Waals surface area contributed by atoms with Gasteiger partial charge >= 0.3 is 11.9 Å². The summed E-state index contributed by atoms with van der Waals surface area (Å²) < 4.78 is 24.6. The number of nitrogens with zero attached hydrogens (tertiary/aromatic N) is 2. The standard InChI is InChI=1S/C39H32N2O12/c1-39(2)50-29(31(48-21-23-13-5-3-6-14-23)37(46)52-40-33(42)25-17-9-10-18-26(25)34(40)43)30(51-39)32(49-22-24-15-7-4-8-16-24)38(47)53-41-35(44)27-19-11-12-20-28(27)36(41)45/h3-20,29-32H,21-22H2,1-2H3/t29-,30-,31-,32-/m1/s1. The van der Waals surface area contributed by atoms with E-state index in [1.54, 1.807) is 84.9 Å². The Bertz CT molecular complexity index is 1870. The van der Waals surface area contributed by atoms with Crippen LogP contribution in [0, 0.1) is 0 Å². The van der Waals surface area contributed by atoms with Crippen molar-refractivity contribution in [1.82, 2.24) is 10.1 Å². The highest BCUT2D eigenvalue weighted by Gasteiger charge is 2.56. The van der Waals surface area contributed by atoms with Crippen LogP contribution in [0.25, 0.3) is 0 Å². The molecule has 3 heterocycles. The van der Waals surface area contributed by atoms with Crippen molar-refractivity contribution in [2.24, 2.45) is 0 Å².